The number of hydrogen-bond donors (Lipinski definition) is 1. The van der Waals surface area contributed by atoms with Crippen LogP contribution in [0, 0.1) is 18.3 Å². The first-order valence-corrected chi connectivity index (χ1v) is 6.47. The van der Waals surface area contributed by atoms with Crippen molar-refractivity contribution in [1.82, 2.24) is 0 Å². The van der Waals surface area contributed by atoms with Crippen molar-refractivity contribution in [3.8, 4) is 6.07 Å². The topological polar surface area (TPSA) is 66.0 Å². The summed E-state index contributed by atoms with van der Waals surface area (Å²) in [6, 6.07) is 11.2. The molecule has 7 heteroatoms. The van der Waals surface area contributed by atoms with Crippen molar-refractivity contribution in [1.29, 1.82) is 5.26 Å². The third-order valence-corrected chi connectivity index (χ3v) is 2.88. The Labute approximate surface area is 129 Å². The summed E-state index contributed by atoms with van der Waals surface area (Å²) in [5, 5.41) is 11.7. The summed E-state index contributed by atoms with van der Waals surface area (Å²) < 4.78 is 43.2. The Hall–Kier alpha value is -3.01. The second kappa shape index (κ2) is 6.40. The van der Waals surface area contributed by atoms with E-state index in [1.165, 1.54) is 6.92 Å². The number of allylic oxidation sites excluding steroid dienone is 1. The number of aryl methyl sites for hydroxylation is 1. The maximum atomic E-state index is 12.9. The molecule has 2 rings (SSSR count). The molecule has 0 aliphatic carbocycles. The highest BCUT2D eigenvalue weighted by atomic mass is 19.4. The van der Waals surface area contributed by atoms with Crippen molar-refractivity contribution in [2.45, 2.75) is 13.1 Å². The molecule has 0 unspecified atom stereocenters. The number of anilines is 1. The molecule has 0 bridgehead atoms. The van der Waals surface area contributed by atoms with Crippen LogP contribution in [-0.4, -0.2) is 5.78 Å². The summed E-state index contributed by atoms with van der Waals surface area (Å²) in [7, 11) is 0. The Kier molecular flexibility index (Phi) is 4.55. The van der Waals surface area contributed by atoms with E-state index in [9.17, 15) is 18.0 Å². The normalized spacial score (nSPS) is 11.9. The van der Waals surface area contributed by atoms with Gasteiger partial charge >= 0.3 is 6.18 Å². The van der Waals surface area contributed by atoms with Crippen molar-refractivity contribution in [3.05, 3.63) is 65.3 Å². The number of nitriles is 1. The van der Waals surface area contributed by atoms with E-state index in [-0.39, 0.29) is 5.76 Å². The van der Waals surface area contributed by atoms with E-state index in [1.54, 1.807) is 36.4 Å². The Morgan fingerprint density at radius 1 is 1.30 bits per heavy atom. The van der Waals surface area contributed by atoms with E-state index < -0.39 is 28.9 Å². The summed E-state index contributed by atoms with van der Waals surface area (Å²) >= 11 is 0. The van der Waals surface area contributed by atoms with Gasteiger partial charge in [-0.3, -0.25) is 4.79 Å². The Bertz CT molecular complexity index is 784. The molecule has 1 N–H and O–H groups in total. The zero-order valence-electron chi connectivity index (χ0n) is 11.9. The largest absolute Gasteiger partial charge is 0.456 e. The molecule has 118 valence electrons. The lowest BCUT2D eigenvalue weighted by Gasteiger charge is -2.05. The standard InChI is InChI=1S/C16H11F3N2O2/c1-10-7-13(15(23-10)16(17,18)19)14(22)11(8-20)9-21-12-5-3-2-4-6-12/h2-7,9,21H,1H3. The zero-order valence-corrected chi connectivity index (χ0v) is 11.9. The fraction of sp³-hybridized carbons (Fsp3) is 0.125. The number of furan rings is 1. The van der Waals surface area contributed by atoms with Crippen LogP contribution in [-0.2, 0) is 6.18 Å². The molecule has 0 spiro atoms. The smallest absolute Gasteiger partial charge is 0.450 e. The number of Topliss-reactive ketones (excluding diaryl/α,β-unsaturated/α-hetero) is 1. The van der Waals surface area contributed by atoms with Gasteiger partial charge in [-0.05, 0) is 25.1 Å². The number of carbonyl (C=O) groups is 1. The van der Waals surface area contributed by atoms with Crippen molar-refractivity contribution < 1.29 is 22.4 Å². The number of hydrogen-bond acceptors (Lipinski definition) is 4. The quantitative estimate of drug-likeness (QED) is 0.518. The Morgan fingerprint density at radius 2 is 1.96 bits per heavy atom. The van der Waals surface area contributed by atoms with Gasteiger partial charge in [0.2, 0.25) is 11.5 Å². The van der Waals surface area contributed by atoms with E-state index in [0.717, 1.165) is 12.3 Å². The average molecular weight is 320 g/mol. The number of carbonyl (C=O) groups excluding carboxylic acids is 1. The molecule has 0 amide bonds. The SMILES string of the molecule is Cc1cc(C(=O)C(C#N)=CNc2ccccc2)c(C(F)(F)F)o1. The number of nitrogens with one attached hydrogen (secondary N) is 1. The highest BCUT2D eigenvalue weighted by Gasteiger charge is 2.40. The molecular weight excluding hydrogens is 309 g/mol. The molecule has 1 heterocycles. The predicted octanol–water partition coefficient (Wildman–Crippen LogP) is 4.31. The highest BCUT2D eigenvalue weighted by molar-refractivity contribution is 6.12. The first kappa shape index (κ1) is 16.4. The van der Waals surface area contributed by atoms with E-state index in [0.29, 0.717) is 5.69 Å². The van der Waals surface area contributed by atoms with Gasteiger partial charge < -0.3 is 9.73 Å². The molecule has 0 saturated carbocycles. The number of ketones is 1. The monoisotopic (exact) mass is 320 g/mol. The van der Waals surface area contributed by atoms with Crippen LogP contribution in [0.5, 0.6) is 0 Å². The van der Waals surface area contributed by atoms with Gasteiger partial charge in [-0.1, -0.05) is 18.2 Å². The third-order valence-electron chi connectivity index (χ3n) is 2.88. The van der Waals surface area contributed by atoms with Crippen molar-refractivity contribution in [2.24, 2.45) is 0 Å². The summed E-state index contributed by atoms with van der Waals surface area (Å²) in [6.07, 6.45) is -3.74. The summed E-state index contributed by atoms with van der Waals surface area (Å²) in [6.45, 7) is 1.30. The van der Waals surface area contributed by atoms with E-state index >= 15 is 0 Å². The van der Waals surface area contributed by atoms with E-state index in [4.69, 9.17) is 5.26 Å². The Balaban J connectivity index is 2.33. The number of alkyl halides is 3. The van der Waals surface area contributed by atoms with Gasteiger partial charge in [0.15, 0.2) is 0 Å². The van der Waals surface area contributed by atoms with Gasteiger partial charge in [-0.25, -0.2) is 0 Å². The molecule has 0 atom stereocenters. The van der Waals surface area contributed by atoms with Crippen LogP contribution in [0.25, 0.3) is 0 Å². The molecule has 0 aliphatic heterocycles. The van der Waals surface area contributed by atoms with Gasteiger partial charge in [0.1, 0.15) is 17.4 Å². The highest BCUT2D eigenvalue weighted by Crippen LogP contribution is 2.35. The fourth-order valence-electron chi connectivity index (χ4n) is 1.88. The molecule has 0 fully saturated rings. The fourth-order valence-corrected chi connectivity index (χ4v) is 1.88. The van der Waals surface area contributed by atoms with Gasteiger partial charge in [0.05, 0.1) is 5.56 Å². The lowest BCUT2D eigenvalue weighted by molar-refractivity contribution is -0.153. The van der Waals surface area contributed by atoms with Gasteiger partial charge in [0.25, 0.3) is 0 Å². The summed E-state index contributed by atoms with van der Waals surface area (Å²) in [5.41, 5.74) is -0.551. The number of halogens is 3. The first-order chi connectivity index (χ1) is 10.8. The van der Waals surface area contributed by atoms with Crippen molar-refractivity contribution in [3.63, 3.8) is 0 Å². The maximum absolute atomic E-state index is 12.9. The third kappa shape index (κ3) is 3.80. The van der Waals surface area contributed by atoms with Crippen LogP contribution in [0.4, 0.5) is 18.9 Å². The van der Waals surface area contributed by atoms with Crippen LogP contribution in [0.3, 0.4) is 0 Å². The van der Waals surface area contributed by atoms with Crippen LogP contribution in [0.15, 0.2) is 52.6 Å². The van der Waals surface area contributed by atoms with Gasteiger partial charge in [0, 0.05) is 11.9 Å². The van der Waals surface area contributed by atoms with Crippen molar-refractivity contribution >= 4 is 11.5 Å². The second-order valence-electron chi connectivity index (χ2n) is 4.61. The lowest BCUT2D eigenvalue weighted by atomic mass is 10.0. The van der Waals surface area contributed by atoms with Crippen LogP contribution >= 0.6 is 0 Å². The van der Waals surface area contributed by atoms with E-state index in [2.05, 4.69) is 9.73 Å². The Morgan fingerprint density at radius 3 is 2.52 bits per heavy atom. The number of benzene rings is 1. The lowest BCUT2D eigenvalue weighted by Crippen LogP contribution is -2.12. The number of nitrogens with zero attached hydrogens (tertiary/aromatic N) is 1. The summed E-state index contributed by atoms with van der Waals surface area (Å²) in [4.78, 5) is 12.2. The molecule has 4 nitrogen and oxygen atoms in total. The average Bonchev–Trinajstić information content (AvgIpc) is 2.91. The first-order valence-electron chi connectivity index (χ1n) is 6.47. The molecule has 2 aromatic rings. The van der Waals surface area contributed by atoms with Gasteiger partial charge in [-0.15, -0.1) is 0 Å². The number of rotatable bonds is 4. The van der Waals surface area contributed by atoms with Crippen LogP contribution < -0.4 is 5.32 Å². The molecular formula is C16H11F3N2O2. The summed E-state index contributed by atoms with van der Waals surface area (Å²) in [5.74, 6) is -2.52. The minimum Gasteiger partial charge on any atom is -0.456 e. The van der Waals surface area contributed by atoms with Crippen LogP contribution in [0.1, 0.15) is 21.9 Å². The molecule has 1 aromatic heterocycles. The molecule has 0 aliphatic rings. The molecule has 0 radical (unpaired) electrons. The van der Waals surface area contributed by atoms with Crippen LogP contribution in [0.2, 0.25) is 0 Å². The molecule has 0 saturated heterocycles. The van der Waals surface area contributed by atoms with E-state index in [1.807, 2.05) is 0 Å². The minimum absolute atomic E-state index is 0.0611. The molecule has 1 aromatic carbocycles. The van der Waals surface area contributed by atoms with Gasteiger partial charge in [-0.2, -0.15) is 18.4 Å². The van der Waals surface area contributed by atoms with Crippen molar-refractivity contribution in [2.75, 3.05) is 5.32 Å². The molecule has 23 heavy (non-hydrogen) atoms. The maximum Gasteiger partial charge on any atom is 0.450 e. The minimum atomic E-state index is -4.81. The zero-order chi connectivity index (χ0) is 17.0. The second-order valence-corrected chi connectivity index (χ2v) is 4.61. The predicted molar refractivity (Wildman–Crippen MR) is 76.5 cm³/mol. The number of para-hydroxylation sites is 1.